The molecule has 6 nitrogen and oxygen atoms in total. The van der Waals surface area contributed by atoms with Crippen molar-refractivity contribution in [2.75, 3.05) is 18.0 Å². The Bertz CT molecular complexity index is 888. The van der Waals surface area contributed by atoms with E-state index < -0.39 is 0 Å². The second kappa shape index (κ2) is 5.72. The van der Waals surface area contributed by atoms with Gasteiger partial charge in [0.2, 0.25) is 0 Å². The van der Waals surface area contributed by atoms with E-state index in [1.165, 1.54) is 6.42 Å². The van der Waals surface area contributed by atoms with Gasteiger partial charge in [-0.05, 0) is 36.8 Å². The van der Waals surface area contributed by atoms with Gasteiger partial charge in [-0.25, -0.2) is 4.98 Å². The summed E-state index contributed by atoms with van der Waals surface area (Å²) in [6, 6.07) is 9.42. The van der Waals surface area contributed by atoms with E-state index in [1.54, 1.807) is 18.5 Å². The number of aromatic nitrogens is 3. The molecule has 3 aromatic rings. The molecule has 1 N–H and O–H groups in total. The predicted molar refractivity (Wildman–Crippen MR) is 87.8 cm³/mol. The SMILES string of the molecule is O=c1[nH]c(COc2cccnc2)nc2ccc(N3CCC3)cc12. The molecule has 1 saturated heterocycles. The Hall–Kier alpha value is -2.89. The molecule has 0 atom stereocenters. The number of fused-ring (bicyclic) bond motifs is 1. The molecule has 1 fully saturated rings. The van der Waals surface area contributed by atoms with Crippen molar-refractivity contribution in [3.05, 3.63) is 58.9 Å². The summed E-state index contributed by atoms with van der Waals surface area (Å²) in [6.07, 6.45) is 4.51. The number of anilines is 1. The van der Waals surface area contributed by atoms with E-state index in [0.717, 1.165) is 18.8 Å². The average Bonchev–Trinajstić information content (AvgIpc) is 2.53. The lowest BCUT2D eigenvalue weighted by molar-refractivity contribution is 0.295. The zero-order chi connectivity index (χ0) is 15.6. The second-order valence-electron chi connectivity index (χ2n) is 5.53. The number of rotatable bonds is 4. The summed E-state index contributed by atoms with van der Waals surface area (Å²) in [5.41, 5.74) is 1.63. The minimum absolute atomic E-state index is 0.137. The molecule has 1 aliphatic heterocycles. The van der Waals surface area contributed by atoms with Crippen LogP contribution in [0.2, 0.25) is 0 Å². The normalized spacial score (nSPS) is 13.8. The fraction of sp³-hybridized carbons (Fsp3) is 0.235. The van der Waals surface area contributed by atoms with Gasteiger partial charge in [-0.1, -0.05) is 0 Å². The zero-order valence-electron chi connectivity index (χ0n) is 12.5. The van der Waals surface area contributed by atoms with Gasteiger partial charge in [0.15, 0.2) is 0 Å². The number of nitrogens with one attached hydrogen (secondary N) is 1. The van der Waals surface area contributed by atoms with Crippen LogP contribution in [0, 0.1) is 0 Å². The van der Waals surface area contributed by atoms with Gasteiger partial charge in [0, 0.05) is 25.0 Å². The highest BCUT2D eigenvalue weighted by Crippen LogP contribution is 2.23. The van der Waals surface area contributed by atoms with Gasteiger partial charge in [-0.15, -0.1) is 0 Å². The molecule has 4 rings (SSSR count). The van der Waals surface area contributed by atoms with Crippen molar-refractivity contribution >= 4 is 16.6 Å². The minimum atomic E-state index is -0.137. The molecular formula is C17H16N4O2. The van der Waals surface area contributed by atoms with Crippen molar-refractivity contribution in [1.29, 1.82) is 0 Å². The smallest absolute Gasteiger partial charge is 0.258 e. The molecule has 6 heteroatoms. The quantitative estimate of drug-likeness (QED) is 0.799. The van der Waals surface area contributed by atoms with Crippen molar-refractivity contribution in [1.82, 2.24) is 15.0 Å². The lowest BCUT2D eigenvalue weighted by atomic mass is 10.1. The van der Waals surface area contributed by atoms with Gasteiger partial charge < -0.3 is 14.6 Å². The van der Waals surface area contributed by atoms with Crippen LogP contribution in [0.4, 0.5) is 5.69 Å². The van der Waals surface area contributed by atoms with Crippen LogP contribution in [0.1, 0.15) is 12.2 Å². The summed E-state index contributed by atoms with van der Waals surface area (Å²) in [5, 5.41) is 0.611. The molecule has 0 unspecified atom stereocenters. The Kier molecular flexibility index (Phi) is 3.42. The van der Waals surface area contributed by atoms with Crippen LogP contribution in [0.5, 0.6) is 5.75 Å². The lowest BCUT2D eigenvalue weighted by Crippen LogP contribution is -2.37. The van der Waals surface area contributed by atoms with Gasteiger partial charge in [0.25, 0.3) is 5.56 Å². The monoisotopic (exact) mass is 308 g/mol. The molecule has 0 bridgehead atoms. The first-order chi connectivity index (χ1) is 11.3. The number of aromatic amines is 1. The van der Waals surface area contributed by atoms with Crippen molar-refractivity contribution in [2.45, 2.75) is 13.0 Å². The largest absolute Gasteiger partial charge is 0.484 e. The van der Waals surface area contributed by atoms with Crippen molar-refractivity contribution in [3.63, 3.8) is 0 Å². The van der Waals surface area contributed by atoms with Gasteiger partial charge in [0.05, 0.1) is 17.1 Å². The summed E-state index contributed by atoms with van der Waals surface area (Å²) in [6.45, 7) is 2.30. The number of hydrogen-bond donors (Lipinski definition) is 1. The number of nitrogens with zero attached hydrogens (tertiary/aromatic N) is 3. The summed E-state index contributed by atoms with van der Waals surface area (Å²) >= 11 is 0. The topological polar surface area (TPSA) is 71.1 Å². The lowest BCUT2D eigenvalue weighted by Gasteiger charge is -2.33. The Morgan fingerprint density at radius 3 is 2.91 bits per heavy atom. The van der Waals surface area contributed by atoms with Crippen molar-refractivity contribution in [3.8, 4) is 5.75 Å². The second-order valence-corrected chi connectivity index (χ2v) is 5.53. The van der Waals surface area contributed by atoms with E-state index in [9.17, 15) is 4.79 Å². The maximum absolute atomic E-state index is 12.3. The Balaban J connectivity index is 1.60. The summed E-state index contributed by atoms with van der Waals surface area (Å²) < 4.78 is 5.58. The van der Waals surface area contributed by atoms with Crippen LogP contribution in [-0.2, 0) is 6.61 Å². The maximum Gasteiger partial charge on any atom is 0.258 e. The highest BCUT2D eigenvalue weighted by atomic mass is 16.5. The summed E-state index contributed by atoms with van der Waals surface area (Å²) in [5.74, 6) is 1.14. The molecule has 116 valence electrons. The number of pyridine rings is 1. The van der Waals surface area contributed by atoms with Crippen LogP contribution < -0.4 is 15.2 Å². The molecule has 23 heavy (non-hydrogen) atoms. The standard InChI is InChI=1S/C17H16N4O2/c22-17-14-9-12(21-7-2-8-21)4-5-15(14)19-16(20-17)11-23-13-3-1-6-18-10-13/h1,3-6,9-10H,2,7-8,11H2,(H,19,20,22). The van der Waals surface area contributed by atoms with Gasteiger partial charge in [-0.3, -0.25) is 9.78 Å². The van der Waals surface area contributed by atoms with Gasteiger partial charge >= 0.3 is 0 Å². The zero-order valence-corrected chi connectivity index (χ0v) is 12.5. The number of hydrogen-bond acceptors (Lipinski definition) is 5. The van der Waals surface area contributed by atoms with E-state index in [1.807, 2.05) is 24.3 Å². The number of benzene rings is 1. The third-order valence-corrected chi connectivity index (χ3v) is 3.97. The Morgan fingerprint density at radius 1 is 1.26 bits per heavy atom. The Morgan fingerprint density at radius 2 is 2.17 bits per heavy atom. The molecular weight excluding hydrogens is 292 g/mol. The predicted octanol–water partition coefficient (Wildman–Crippen LogP) is 2.11. The molecule has 0 radical (unpaired) electrons. The van der Waals surface area contributed by atoms with Crippen LogP contribution in [0.25, 0.3) is 10.9 Å². The van der Waals surface area contributed by atoms with E-state index in [0.29, 0.717) is 22.5 Å². The number of H-pyrrole nitrogens is 1. The summed E-state index contributed by atoms with van der Waals surface area (Å²) in [4.78, 5) is 25.8. The molecule has 0 spiro atoms. The highest BCUT2D eigenvalue weighted by Gasteiger charge is 2.15. The average molecular weight is 308 g/mol. The van der Waals surface area contributed by atoms with Crippen LogP contribution in [0.3, 0.4) is 0 Å². The molecule has 1 aromatic carbocycles. The van der Waals surface area contributed by atoms with Gasteiger partial charge in [-0.2, -0.15) is 0 Å². The first kappa shape index (κ1) is 13.8. The summed E-state index contributed by atoms with van der Waals surface area (Å²) in [7, 11) is 0. The molecule has 3 heterocycles. The van der Waals surface area contributed by atoms with Crippen LogP contribution in [-0.4, -0.2) is 28.0 Å². The van der Waals surface area contributed by atoms with E-state index in [-0.39, 0.29) is 12.2 Å². The van der Waals surface area contributed by atoms with Crippen molar-refractivity contribution in [2.24, 2.45) is 0 Å². The van der Waals surface area contributed by atoms with Crippen LogP contribution in [0.15, 0.2) is 47.5 Å². The first-order valence-electron chi connectivity index (χ1n) is 7.60. The van der Waals surface area contributed by atoms with Crippen molar-refractivity contribution < 1.29 is 4.74 Å². The fourth-order valence-electron chi connectivity index (χ4n) is 2.60. The third-order valence-electron chi connectivity index (χ3n) is 3.97. The molecule has 0 aliphatic carbocycles. The number of ether oxygens (including phenoxy) is 1. The highest BCUT2D eigenvalue weighted by molar-refractivity contribution is 5.81. The first-order valence-corrected chi connectivity index (χ1v) is 7.60. The van der Waals surface area contributed by atoms with Gasteiger partial charge in [0.1, 0.15) is 18.2 Å². The van der Waals surface area contributed by atoms with E-state index >= 15 is 0 Å². The third kappa shape index (κ3) is 2.75. The van der Waals surface area contributed by atoms with E-state index in [2.05, 4.69) is 19.9 Å². The fourth-order valence-corrected chi connectivity index (χ4v) is 2.60. The molecule has 1 aliphatic rings. The minimum Gasteiger partial charge on any atom is -0.484 e. The van der Waals surface area contributed by atoms with Crippen LogP contribution >= 0.6 is 0 Å². The maximum atomic E-state index is 12.3. The van der Waals surface area contributed by atoms with E-state index in [4.69, 9.17) is 4.74 Å². The molecule has 0 amide bonds. The molecule has 2 aromatic heterocycles. The Labute approximate surface area is 132 Å². The molecule has 0 saturated carbocycles.